The fourth-order valence-corrected chi connectivity index (χ4v) is 2.53. The lowest BCUT2D eigenvalue weighted by Gasteiger charge is -2.41. The summed E-state index contributed by atoms with van der Waals surface area (Å²) in [6.07, 6.45) is 2.29. The minimum atomic E-state index is 0.626. The Morgan fingerprint density at radius 3 is 2.76 bits per heavy atom. The van der Waals surface area contributed by atoms with Crippen molar-refractivity contribution in [2.24, 2.45) is 5.92 Å². The molecule has 3 nitrogen and oxygen atoms in total. The van der Waals surface area contributed by atoms with Crippen LogP contribution in [0.3, 0.4) is 0 Å². The first-order valence-corrected chi connectivity index (χ1v) is 7.20. The van der Waals surface area contributed by atoms with E-state index in [-0.39, 0.29) is 0 Å². The van der Waals surface area contributed by atoms with Crippen LogP contribution in [0.25, 0.3) is 0 Å². The monoisotopic (exact) mass is 242 g/mol. The van der Waals surface area contributed by atoms with E-state index in [1.807, 2.05) is 0 Å². The number of nitrogens with zero attached hydrogens (tertiary/aromatic N) is 1. The molecule has 1 aliphatic heterocycles. The average molecular weight is 242 g/mol. The fraction of sp³-hybridized carbons (Fsp3) is 1.00. The van der Waals surface area contributed by atoms with Crippen LogP contribution in [0.5, 0.6) is 0 Å². The first kappa shape index (κ1) is 14.9. The summed E-state index contributed by atoms with van der Waals surface area (Å²) in [6, 6.07) is 1.32. The fourth-order valence-electron chi connectivity index (χ4n) is 2.53. The van der Waals surface area contributed by atoms with Crippen LogP contribution < -0.4 is 5.32 Å². The van der Waals surface area contributed by atoms with Gasteiger partial charge in [0.05, 0.1) is 0 Å². The summed E-state index contributed by atoms with van der Waals surface area (Å²) in [4.78, 5) is 2.64. The molecule has 102 valence electrons. The van der Waals surface area contributed by atoms with Crippen molar-refractivity contribution in [3.63, 3.8) is 0 Å². The molecule has 1 rings (SSSR count). The molecule has 0 aromatic heterocycles. The Labute approximate surface area is 107 Å². The van der Waals surface area contributed by atoms with Crippen molar-refractivity contribution in [3.05, 3.63) is 0 Å². The number of ether oxygens (including phenoxy) is 1. The van der Waals surface area contributed by atoms with Crippen molar-refractivity contribution in [1.82, 2.24) is 10.2 Å². The Morgan fingerprint density at radius 1 is 1.35 bits per heavy atom. The predicted octanol–water partition coefficient (Wildman–Crippen LogP) is 2.12. The molecule has 1 heterocycles. The summed E-state index contributed by atoms with van der Waals surface area (Å²) in [5, 5.41) is 3.58. The molecule has 0 spiro atoms. The van der Waals surface area contributed by atoms with Crippen molar-refractivity contribution in [2.45, 2.75) is 52.6 Å². The van der Waals surface area contributed by atoms with Gasteiger partial charge in [0.25, 0.3) is 0 Å². The summed E-state index contributed by atoms with van der Waals surface area (Å²) >= 11 is 0. The normalized spacial score (nSPS) is 26.6. The van der Waals surface area contributed by atoms with E-state index in [1.165, 1.54) is 13.1 Å². The average Bonchev–Trinajstić information content (AvgIpc) is 2.28. The Balaban J connectivity index is 2.26. The molecule has 2 unspecified atom stereocenters. The largest absolute Gasteiger partial charge is 0.381 e. The minimum Gasteiger partial charge on any atom is -0.381 e. The smallest absolute Gasteiger partial charge is 0.0478 e. The van der Waals surface area contributed by atoms with Crippen molar-refractivity contribution in [3.8, 4) is 0 Å². The molecule has 0 bridgehead atoms. The van der Waals surface area contributed by atoms with Crippen LogP contribution >= 0.6 is 0 Å². The second-order valence-electron chi connectivity index (χ2n) is 5.58. The van der Waals surface area contributed by atoms with Crippen LogP contribution in [0, 0.1) is 5.92 Å². The van der Waals surface area contributed by atoms with Gasteiger partial charge in [0.1, 0.15) is 0 Å². The molecular weight excluding hydrogens is 212 g/mol. The van der Waals surface area contributed by atoms with Crippen LogP contribution in [0.2, 0.25) is 0 Å². The Kier molecular flexibility index (Phi) is 7.09. The van der Waals surface area contributed by atoms with E-state index < -0.39 is 0 Å². The van der Waals surface area contributed by atoms with Crippen LogP contribution in [-0.2, 0) is 4.74 Å². The van der Waals surface area contributed by atoms with E-state index in [1.54, 1.807) is 0 Å². The van der Waals surface area contributed by atoms with Gasteiger partial charge in [0.15, 0.2) is 0 Å². The summed E-state index contributed by atoms with van der Waals surface area (Å²) in [6.45, 7) is 14.4. The van der Waals surface area contributed by atoms with Gasteiger partial charge in [-0.05, 0) is 25.7 Å². The van der Waals surface area contributed by atoms with Crippen LogP contribution in [0.1, 0.15) is 40.5 Å². The van der Waals surface area contributed by atoms with Crippen LogP contribution in [-0.4, -0.2) is 49.8 Å². The third-order valence-corrected chi connectivity index (χ3v) is 3.50. The van der Waals surface area contributed by atoms with Gasteiger partial charge in [-0.1, -0.05) is 20.8 Å². The molecular formula is C14H30N2O. The second kappa shape index (κ2) is 8.06. The highest BCUT2D eigenvalue weighted by Gasteiger charge is 2.27. The van der Waals surface area contributed by atoms with Gasteiger partial charge in [-0.2, -0.15) is 0 Å². The number of hydrogen-bond donors (Lipinski definition) is 1. The molecule has 1 fully saturated rings. The highest BCUT2D eigenvalue weighted by Crippen LogP contribution is 2.15. The molecule has 0 aromatic carbocycles. The van der Waals surface area contributed by atoms with E-state index in [0.29, 0.717) is 12.1 Å². The molecule has 17 heavy (non-hydrogen) atoms. The van der Waals surface area contributed by atoms with Crippen molar-refractivity contribution in [1.29, 1.82) is 0 Å². The maximum atomic E-state index is 5.55. The van der Waals surface area contributed by atoms with Gasteiger partial charge in [-0.25, -0.2) is 0 Å². The summed E-state index contributed by atoms with van der Waals surface area (Å²) in [7, 11) is 0. The van der Waals surface area contributed by atoms with Crippen molar-refractivity contribution < 1.29 is 4.74 Å². The second-order valence-corrected chi connectivity index (χ2v) is 5.58. The molecule has 0 amide bonds. The van der Waals surface area contributed by atoms with E-state index in [9.17, 15) is 0 Å². The molecule has 3 heteroatoms. The quantitative estimate of drug-likeness (QED) is 0.692. The SMILES string of the molecule is CCCOCCCN1CC(C)NCC1C(C)C. The minimum absolute atomic E-state index is 0.626. The molecule has 1 aliphatic rings. The molecule has 1 saturated heterocycles. The lowest BCUT2D eigenvalue weighted by Crippen LogP contribution is -2.57. The third-order valence-electron chi connectivity index (χ3n) is 3.50. The lowest BCUT2D eigenvalue weighted by molar-refractivity contribution is 0.0780. The first-order chi connectivity index (χ1) is 8.15. The van der Waals surface area contributed by atoms with Crippen LogP contribution in [0.4, 0.5) is 0 Å². The standard InChI is InChI=1S/C14H30N2O/c1-5-8-17-9-6-7-16-11-13(4)15-10-14(16)12(2)3/h12-15H,5-11H2,1-4H3. The molecule has 0 radical (unpaired) electrons. The van der Waals surface area contributed by atoms with Gasteiger partial charge >= 0.3 is 0 Å². The number of hydrogen-bond acceptors (Lipinski definition) is 3. The van der Waals surface area contributed by atoms with Crippen molar-refractivity contribution in [2.75, 3.05) is 32.8 Å². The Morgan fingerprint density at radius 2 is 2.12 bits per heavy atom. The zero-order valence-corrected chi connectivity index (χ0v) is 12.0. The molecule has 2 atom stereocenters. The summed E-state index contributed by atoms with van der Waals surface area (Å²) in [5.41, 5.74) is 0. The highest BCUT2D eigenvalue weighted by atomic mass is 16.5. The van der Waals surface area contributed by atoms with Gasteiger partial charge in [0, 0.05) is 44.9 Å². The number of nitrogens with one attached hydrogen (secondary N) is 1. The van der Waals surface area contributed by atoms with E-state index >= 15 is 0 Å². The van der Waals surface area contributed by atoms with E-state index in [4.69, 9.17) is 4.74 Å². The first-order valence-electron chi connectivity index (χ1n) is 7.20. The van der Waals surface area contributed by atoms with Gasteiger partial charge < -0.3 is 10.1 Å². The molecule has 0 aliphatic carbocycles. The maximum Gasteiger partial charge on any atom is 0.0478 e. The topological polar surface area (TPSA) is 24.5 Å². The summed E-state index contributed by atoms with van der Waals surface area (Å²) < 4.78 is 5.55. The third kappa shape index (κ3) is 5.36. The predicted molar refractivity (Wildman–Crippen MR) is 73.4 cm³/mol. The zero-order valence-electron chi connectivity index (χ0n) is 12.0. The van der Waals surface area contributed by atoms with Crippen molar-refractivity contribution >= 4 is 0 Å². The Hall–Kier alpha value is -0.120. The van der Waals surface area contributed by atoms with Gasteiger partial charge in [-0.15, -0.1) is 0 Å². The number of piperazine rings is 1. The Bertz CT molecular complexity index is 197. The highest BCUT2D eigenvalue weighted by molar-refractivity contribution is 4.85. The summed E-state index contributed by atoms with van der Waals surface area (Å²) in [5.74, 6) is 0.728. The molecule has 1 N–H and O–H groups in total. The molecule has 0 saturated carbocycles. The van der Waals surface area contributed by atoms with Gasteiger partial charge in [0.2, 0.25) is 0 Å². The maximum absolute atomic E-state index is 5.55. The number of rotatable bonds is 7. The molecule has 0 aromatic rings. The van der Waals surface area contributed by atoms with E-state index in [2.05, 4.69) is 37.9 Å². The van der Waals surface area contributed by atoms with Gasteiger partial charge in [-0.3, -0.25) is 4.90 Å². The van der Waals surface area contributed by atoms with E-state index in [0.717, 1.165) is 38.5 Å². The van der Waals surface area contributed by atoms with Crippen LogP contribution in [0.15, 0.2) is 0 Å². The zero-order chi connectivity index (χ0) is 12.7. The lowest BCUT2D eigenvalue weighted by atomic mass is 9.98.